The highest BCUT2D eigenvalue weighted by atomic mass is 16.7. The van der Waals surface area contributed by atoms with Gasteiger partial charge in [-0.25, -0.2) is 9.97 Å². The van der Waals surface area contributed by atoms with Crippen molar-refractivity contribution in [3.63, 3.8) is 0 Å². The van der Waals surface area contributed by atoms with Crippen molar-refractivity contribution in [1.29, 1.82) is 0 Å². The highest BCUT2D eigenvalue weighted by Gasteiger charge is 2.12. The van der Waals surface area contributed by atoms with Crippen molar-refractivity contribution >= 4 is 5.95 Å². The van der Waals surface area contributed by atoms with E-state index in [0.717, 1.165) is 24.3 Å². The van der Waals surface area contributed by atoms with Crippen molar-refractivity contribution in [3.05, 3.63) is 36.2 Å². The quantitative estimate of drug-likeness (QED) is 0.822. The summed E-state index contributed by atoms with van der Waals surface area (Å²) in [6.07, 6.45) is 5.17. The second kappa shape index (κ2) is 6.30. The first kappa shape index (κ1) is 13.5. The first-order chi connectivity index (χ1) is 10.3. The zero-order valence-electron chi connectivity index (χ0n) is 11.8. The van der Waals surface area contributed by atoms with Gasteiger partial charge in [0.15, 0.2) is 17.2 Å². The van der Waals surface area contributed by atoms with Crippen LogP contribution < -0.4 is 19.5 Å². The summed E-state index contributed by atoms with van der Waals surface area (Å²) in [4.78, 5) is 8.19. The molecule has 0 aliphatic carbocycles. The number of hydrogen-bond donors (Lipinski definition) is 1. The van der Waals surface area contributed by atoms with Crippen LogP contribution in [0, 0.1) is 0 Å². The molecule has 0 amide bonds. The van der Waals surface area contributed by atoms with Crippen LogP contribution in [0.15, 0.2) is 30.6 Å². The predicted octanol–water partition coefficient (Wildman–Crippen LogP) is 2.26. The van der Waals surface area contributed by atoms with Gasteiger partial charge < -0.3 is 19.5 Å². The van der Waals surface area contributed by atoms with Gasteiger partial charge in [-0.15, -0.1) is 0 Å². The third-order valence-electron chi connectivity index (χ3n) is 3.17. The van der Waals surface area contributed by atoms with Crippen molar-refractivity contribution in [2.75, 3.05) is 25.8 Å². The number of rotatable bonds is 6. The third kappa shape index (κ3) is 3.34. The second-order valence-corrected chi connectivity index (χ2v) is 4.63. The fraction of sp³-hybridized carbons (Fsp3) is 0.333. The summed E-state index contributed by atoms with van der Waals surface area (Å²) < 4.78 is 16.3. The molecule has 1 aliphatic rings. The fourth-order valence-corrected chi connectivity index (χ4v) is 2.08. The van der Waals surface area contributed by atoms with Gasteiger partial charge in [0.1, 0.15) is 0 Å². The Labute approximate surface area is 123 Å². The van der Waals surface area contributed by atoms with Crippen molar-refractivity contribution in [2.45, 2.75) is 12.8 Å². The standard InChI is InChI=1S/C15H17N3O3/c1-16-15-17-8-12(9-18-15)19-6-2-3-11-4-5-13-14(7-11)21-10-20-13/h4-5,7-9H,2-3,6,10H2,1H3,(H,16,17,18). The lowest BCUT2D eigenvalue weighted by molar-refractivity contribution is 0.174. The number of anilines is 1. The summed E-state index contributed by atoms with van der Waals surface area (Å²) in [7, 11) is 1.78. The van der Waals surface area contributed by atoms with Gasteiger partial charge >= 0.3 is 0 Å². The molecule has 3 rings (SSSR count). The number of fused-ring (bicyclic) bond motifs is 1. The highest BCUT2D eigenvalue weighted by molar-refractivity contribution is 5.44. The maximum absolute atomic E-state index is 5.61. The molecule has 21 heavy (non-hydrogen) atoms. The van der Waals surface area contributed by atoms with Crippen LogP contribution in [0.3, 0.4) is 0 Å². The van der Waals surface area contributed by atoms with Crippen LogP contribution in [0.4, 0.5) is 5.95 Å². The van der Waals surface area contributed by atoms with E-state index in [1.165, 1.54) is 5.56 Å². The van der Waals surface area contributed by atoms with Crippen LogP contribution in [0.2, 0.25) is 0 Å². The molecule has 0 saturated heterocycles. The molecule has 0 radical (unpaired) electrons. The van der Waals surface area contributed by atoms with E-state index in [1.54, 1.807) is 19.4 Å². The largest absolute Gasteiger partial charge is 0.490 e. The van der Waals surface area contributed by atoms with Crippen LogP contribution in [0.25, 0.3) is 0 Å². The summed E-state index contributed by atoms with van der Waals surface area (Å²) in [6, 6.07) is 6.02. The van der Waals surface area contributed by atoms with Gasteiger partial charge in [-0.05, 0) is 30.5 Å². The molecule has 0 saturated carbocycles. The maximum atomic E-state index is 5.61. The molecule has 0 spiro atoms. The molecule has 0 unspecified atom stereocenters. The minimum absolute atomic E-state index is 0.310. The molecule has 0 atom stereocenters. The van der Waals surface area contributed by atoms with E-state index in [9.17, 15) is 0 Å². The average Bonchev–Trinajstić information content (AvgIpc) is 3.00. The Morgan fingerprint density at radius 2 is 2.00 bits per heavy atom. The second-order valence-electron chi connectivity index (χ2n) is 4.63. The Hall–Kier alpha value is -2.50. The molecule has 1 aromatic carbocycles. The van der Waals surface area contributed by atoms with E-state index >= 15 is 0 Å². The summed E-state index contributed by atoms with van der Waals surface area (Å²) in [5, 5.41) is 2.86. The fourth-order valence-electron chi connectivity index (χ4n) is 2.08. The highest BCUT2D eigenvalue weighted by Crippen LogP contribution is 2.32. The lowest BCUT2D eigenvalue weighted by Crippen LogP contribution is -2.01. The third-order valence-corrected chi connectivity index (χ3v) is 3.17. The molecule has 2 aromatic rings. The molecular formula is C15H17N3O3. The number of nitrogens with one attached hydrogen (secondary N) is 1. The molecule has 6 nitrogen and oxygen atoms in total. The van der Waals surface area contributed by atoms with Crippen LogP contribution in [-0.2, 0) is 6.42 Å². The number of nitrogens with zero attached hydrogens (tertiary/aromatic N) is 2. The molecule has 2 heterocycles. The Morgan fingerprint density at radius 1 is 1.19 bits per heavy atom. The van der Waals surface area contributed by atoms with Crippen molar-refractivity contribution in [3.8, 4) is 17.2 Å². The molecular weight excluding hydrogens is 270 g/mol. The number of benzene rings is 1. The zero-order valence-corrected chi connectivity index (χ0v) is 11.8. The van der Waals surface area contributed by atoms with Crippen molar-refractivity contribution in [1.82, 2.24) is 9.97 Å². The number of aryl methyl sites for hydroxylation is 1. The molecule has 1 N–H and O–H groups in total. The Kier molecular flexibility index (Phi) is 4.04. The number of aromatic nitrogens is 2. The van der Waals surface area contributed by atoms with E-state index in [4.69, 9.17) is 14.2 Å². The van der Waals surface area contributed by atoms with E-state index in [1.807, 2.05) is 12.1 Å². The minimum Gasteiger partial charge on any atom is -0.490 e. The number of ether oxygens (including phenoxy) is 3. The lowest BCUT2D eigenvalue weighted by Gasteiger charge is -2.06. The van der Waals surface area contributed by atoms with Gasteiger partial charge in [-0.3, -0.25) is 0 Å². The monoisotopic (exact) mass is 287 g/mol. The van der Waals surface area contributed by atoms with Gasteiger partial charge in [-0.2, -0.15) is 0 Å². The van der Waals surface area contributed by atoms with Crippen LogP contribution in [0.1, 0.15) is 12.0 Å². The Balaban J connectivity index is 1.45. The van der Waals surface area contributed by atoms with Crippen LogP contribution in [-0.4, -0.2) is 30.4 Å². The van der Waals surface area contributed by atoms with Gasteiger partial charge in [-0.1, -0.05) is 6.07 Å². The Morgan fingerprint density at radius 3 is 2.81 bits per heavy atom. The minimum atomic E-state index is 0.310. The summed E-state index contributed by atoms with van der Waals surface area (Å²) in [5.41, 5.74) is 1.21. The molecule has 0 fully saturated rings. The van der Waals surface area contributed by atoms with E-state index in [2.05, 4.69) is 21.4 Å². The van der Waals surface area contributed by atoms with Gasteiger partial charge in [0, 0.05) is 7.05 Å². The normalized spacial score (nSPS) is 12.2. The first-order valence-corrected chi connectivity index (χ1v) is 6.86. The molecule has 110 valence electrons. The van der Waals surface area contributed by atoms with E-state index in [-0.39, 0.29) is 0 Å². The topological polar surface area (TPSA) is 65.5 Å². The van der Waals surface area contributed by atoms with Gasteiger partial charge in [0.05, 0.1) is 19.0 Å². The smallest absolute Gasteiger partial charge is 0.231 e. The van der Waals surface area contributed by atoms with Crippen molar-refractivity contribution < 1.29 is 14.2 Å². The van der Waals surface area contributed by atoms with Gasteiger partial charge in [0.2, 0.25) is 12.7 Å². The molecule has 0 bridgehead atoms. The Bertz CT molecular complexity index is 602. The zero-order chi connectivity index (χ0) is 14.5. The lowest BCUT2D eigenvalue weighted by atomic mass is 10.1. The summed E-state index contributed by atoms with van der Waals surface area (Å²) >= 11 is 0. The van der Waals surface area contributed by atoms with Gasteiger partial charge in [0.25, 0.3) is 0 Å². The van der Waals surface area contributed by atoms with Crippen LogP contribution >= 0.6 is 0 Å². The molecule has 1 aliphatic heterocycles. The van der Waals surface area contributed by atoms with E-state index in [0.29, 0.717) is 25.1 Å². The number of hydrogen-bond acceptors (Lipinski definition) is 6. The average molecular weight is 287 g/mol. The predicted molar refractivity (Wildman–Crippen MR) is 78.0 cm³/mol. The van der Waals surface area contributed by atoms with Crippen LogP contribution in [0.5, 0.6) is 17.2 Å². The molecule has 1 aromatic heterocycles. The SMILES string of the molecule is CNc1ncc(OCCCc2ccc3c(c2)OCO3)cn1. The molecule has 6 heteroatoms. The first-order valence-electron chi connectivity index (χ1n) is 6.86. The van der Waals surface area contributed by atoms with E-state index < -0.39 is 0 Å². The van der Waals surface area contributed by atoms with Crippen molar-refractivity contribution in [2.24, 2.45) is 0 Å². The summed E-state index contributed by atoms with van der Waals surface area (Å²) in [6.45, 7) is 0.932. The summed E-state index contributed by atoms with van der Waals surface area (Å²) in [5.74, 6) is 2.91. The maximum Gasteiger partial charge on any atom is 0.231 e.